The maximum atomic E-state index is 6.16. The summed E-state index contributed by atoms with van der Waals surface area (Å²) in [5, 5.41) is 0. The first-order valence-electron chi connectivity index (χ1n) is 7.91. The predicted octanol–water partition coefficient (Wildman–Crippen LogP) is 2.09. The minimum absolute atomic E-state index is 0.374. The number of ether oxygens (including phenoxy) is 2. The van der Waals surface area contributed by atoms with Gasteiger partial charge in [-0.15, -0.1) is 0 Å². The highest BCUT2D eigenvalue weighted by molar-refractivity contribution is 5.43. The average Bonchev–Trinajstić information content (AvgIpc) is 2.57. The Morgan fingerprint density at radius 2 is 2.00 bits per heavy atom. The lowest BCUT2D eigenvalue weighted by Crippen LogP contribution is -2.50. The predicted molar refractivity (Wildman–Crippen MR) is 84.0 cm³/mol. The fraction of sp³-hybridized carbons (Fsp3) is 0.647. The second-order valence-corrected chi connectivity index (χ2v) is 6.25. The summed E-state index contributed by atoms with van der Waals surface area (Å²) in [4.78, 5) is 2.59. The molecule has 0 amide bonds. The minimum Gasteiger partial charge on any atom is -0.497 e. The second-order valence-electron chi connectivity index (χ2n) is 6.25. The maximum Gasteiger partial charge on any atom is 0.126 e. The number of nitrogens with two attached hydrogens (primary N) is 1. The molecule has 1 aromatic rings. The zero-order valence-electron chi connectivity index (χ0n) is 13.0. The van der Waals surface area contributed by atoms with Gasteiger partial charge in [-0.3, -0.25) is 0 Å². The van der Waals surface area contributed by atoms with Gasteiger partial charge in [-0.05, 0) is 55.9 Å². The first kappa shape index (κ1) is 14.7. The molecule has 0 saturated carbocycles. The van der Waals surface area contributed by atoms with Gasteiger partial charge in [0.05, 0.1) is 14.2 Å². The molecule has 4 rings (SSSR count). The fourth-order valence-electron chi connectivity index (χ4n) is 4.12. The third kappa shape index (κ3) is 2.74. The molecule has 4 nitrogen and oxygen atoms in total. The number of piperidine rings is 3. The second kappa shape index (κ2) is 6.24. The van der Waals surface area contributed by atoms with Crippen molar-refractivity contribution in [3.63, 3.8) is 0 Å². The Labute approximate surface area is 127 Å². The van der Waals surface area contributed by atoms with Crippen LogP contribution in [0.4, 0.5) is 0 Å². The molecule has 0 aliphatic carbocycles. The van der Waals surface area contributed by atoms with Crippen molar-refractivity contribution in [3.05, 3.63) is 23.8 Å². The van der Waals surface area contributed by atoms with Crippen LogP contribution in [0.15, 0.2) is 18.2 Å². The molecule has 2 N–H and O–H groups in total. The van der Waals surface area contributed by atoms with Crippen LogP contribution in [-0.4, -0.2) is 45.3 Å². The number of fused-ring (bicyclic) bond motifs is 3. The minimum atomic E-state index is 0.374. The van der Waals surface area contributed by atoms with Crippen LogP contribution in [0, 0.1) is 11.8 Å². The van der Waals surface area contributed by atoms with Crippen LogP contribution in [0.2, 0.25) is 0 Å². The summed E-state index contributed by atoms with van der Waals surface area (Å²) in [7, 11) is 3.41. The van der Waals surface area contributed by atoms with Crippen LogP contribution < -0.4 is 15.2 Å². The topological polar surface area (TPSA) is 47.7 Å². The van der Waals surface area contributed by atoms with Crippen LogP contribution in [-0.2, 0) is 0 Å². The molecule has 0 spiro atoms. The van der Waals surface area contributed by atoms with Gasteiger partial charge in [0.1, 0.15) is 11.5 Å². The molecule has 3 fully saturated rings. The Morgan fingerprint density at radius 1 is 1.24 bits per heavy atom. The van der Waals surface area contributed by atoms with E-state index in [0.717, 1.165) is 17.4 Å². The van der Waals surface area contributed by atoms with E-state index in [0.29, 0.717) is 18.4 Å². The summed E-state index contributed by atoms with van der Waals surface area (Å²) in [5.41, 5.74) is 7.39. The standard InChI is InChI=1S/C17H26N2O2/c1-20-13-3-4-14(17(9-13)21-2)15(10-18)16-11-19-7-5-12(16)6-8-19/h3-4,9,12,15-16H,5-8,10-11,18H2,1-2H3. The van der Waals surface area contributed by atoms with Crippen molar-refractivity contribution in [1.29, 1.82) is 0 Å². The van der Waals surface area contributed by atoms with Crippen molar-refractivity contribution >= 4 is 0 Å². The molecule has 21 heavy (non-hydrogen) atoms. The van der Waals surface area contributed by atoms with Crippen LogP contribution in [0.25, 0.3) is 0 Å². The molecule has 3 heterocycles. The molecule has 4 heteroatoms. The molecule has 3 saturated heterocycles. The smallest absolute Gasteiger partial charge is 0.126 e. The first-order valence-corrected chi connectivity index (χ1v) is 7.91. The Bertz CT molecular complexity index is 484. The van der Waals surface area contributed by atoms with Gasteiger partial charge in [-0.1, -0.05) is 6.07 Å². The lowest BCUT2D eigenvalue weighted by atomic mass is 9.70. The number of nitrogens with zero attached hydrogens (tertiary/aromatic N) is 1. The molecule has 0 radical (unpaired) electrons. The Kier molecular flexibility index (Phi) is 4.36. The van der Waals surface area contributed by atoms with Gasteiger partial charge < -0.3 is 20.1 Å². The Balaban J connectivity index is 1.89. The molecule has 2 atom stereocenters. The number of hydrogen-bond acceptors (Lipinski definition) is 4. The summed E-state index contributed by atoms with van der Waals surface area (Å²) in [5.74, 6) is 3.58. The van der Waals surface area contributed by atoms with Crippen LogP contribution >= 0.6 is 0 Å². The van der Waals surface area contributed by atoms with Crippen LogP contribution in [0.5, 0.6) is 11.5 Å². The quantitative estimate of drug-likeness (QED) is 0.902. The van der Waals surface area contributed by atoms with E-state index < -0.39 is 0 Å². The van der Waals surface area contributed by atoms with Crippen molar-refractivity contribution < 1.29 is 9.47 Å². The first-order chi connectivity index (χ1) is 10.3. The number of hydrogen-bond donors (Lipinski definition) is 1. The average molecular weight is 290 g/mol. The molecule has 3 aliphatic heterocycles. The van der Waals surface area contributed by atoms with Gasteiger partial charge >= 0.3 is 0 Å². The van der Waals surface area contributed by atoms with Crippen molar-refractivity contribution in [2.75, 3.05) is 40.4 Å². The van der Waals surface area contributed by atoms with Gasteiger partial charge in [0.2, 0.25) is 0 Å². The number of methoxy groups -OCH3 is 2. The van der Waals surface area contributed by atoms with Crippen molar-refractivity contribution in [2.24, 2.45) is 17.6 Å². The van der Waals surface area contributed by atoms with Gasteiger partial charge in [-0.2, -0.15) is 0 Å². The molecule has 116 valence electrons. The molecule has 0 aromatic heterocycles. The van der Waals surface area contributed by atoms with E-state index in [-0.39, 0.29) is 0 Å². The third-order valence-corrected chi connectivity index (χ3v) is 5.32. The molecule has 2 bridgehead atoms. The summed E-state index contributed by atoms with van der Waals surface area (Å²) < 4.78 is 10.9. The van der Waals surface area contributed by atoms with E-state index in [4.69, 9.17) is 15.2 Å². The monoisotopic (exact) mass is 290 g/mol. The highest BCUT2D eigenvalue weighted by atomic mass is 16.5. The molecular formula is C17H26N2O2. The summed E-state index contributed by atoms with van der Waals surface area (Å²) in [6.07, 6.45) is 2.64. The SMILES string of the molecule is COc1ccc(C(CN)C2CN3CCC2CC3)c(OC)c1. The normalized spacial score (nSPS) is 29.2. The molecular weight excluding hydrogens is 264 g/mol. The fourth-order valence-corrected chi connectivity index (χ4v) is 4.12. The van der Waals surface area contributed by atoms with E-state index in [1.165, 1.54) is 38.0 Å². The summed E-state index contributed by atoms with van der Waals surface area (Å²) in [6, 6.07) is 6.12. The third-order valence-electron chi connectivity index (χ3n) is 5.32. The number of benzene rings is 1. The molecule has 1 aromatic carbocycles. The van der Waals surface area contributed by atoms with E-state index in [9.17, 15) is 0 Å². The summed E-state index contributed by atoms with van der Waals surface area (Å²) in [6.45, 7) is 4.38. The van der Waals surface area contributed by atoms with Crippen molar-refractivity contribution in [2.45, 2.75) is 18.8 Å². The Hall–Kier alpha value is -1.26. The van der Waals surface area contributed by atoms with E-state index in [1.54, 1.807) is 14.2 Å². The van der Waals surface area contributed by atoms with Gasteiger partial charge in [0.25, 0.3) is 0 Å². The number of rotatable bonds is 5. The van der Waals surface area contributed by atoms with E-state index >= 15 is 0 Å². The highest BCUT2D eigenvalue weighted by Gasteiger charge is 2.39. The zero-order valence-corrected chi connectivity index (χ0v) is 13.0. The van der Waals surface area contributed by atoms with Gasteiger partial charge in [0, 0.05) is 18.5 Å². The van der Waals surface area contributed by atoms with Crippen molar-refractivity contribution in [3.8, 4) is 11.5 Å². The highest BCUT2D eigenvalue weighted by Crippen LogP contribution is 2.43. The van der Waals surface area contributed by atoms with Gasteiger partial charge in [-0.25, -0.2) is 0 Å². The summed E-state index contributed by atoms with van der Waals surface area (Å²) >= 11 is 0. The molecule has 2 unspecified atom stereocenters. The lowest BCUT2D eigenvalue weighted by molar-refractivity contribution is 0.0375. The van der Waals surface area contributed by atoms with E-state index in [1.807, 2.05) is 12.1 Å². The largest absolute Gasteiger partial charge is 0.497 e. The van der Waals surface area contributed by atoms with Gasteiger partial charge in [0.15, 0.2) is 0 Å². The molecule has 3 aliphatic rings. The lowest BCUT2D eigenvalue weighted by Gasteiger charge is -2.47. The van der Waals surface area contributed by atoms with Crippen LogP contribution in [0.3, 0.4) is 0 Å². The zero-order chi connectivity index (χ0) is 14.8. The van der Waals surface area contributed by atoms with Crippen LogP contribution in [0.1, 0.15) is 24.3 Å². The van der Waals surface area contributed by atoms with Crippen molar-refractivity contribution in [1.82, 2.24) is 4.90 Å². The van der Waals surface area contributed by atoms with E-state index in [2.05, 4.69) is 11.0 Å². The maximum absolute atomic E-state index is 6.16. The Morgan fingerprint density at radius 3 is 2.52 bits per heavy atom.